The zero-order chi connectivity index (χ0) is 26.3. The molecule has 0 aliphatic rings. The van der Waals surface area contributed by atoms with Crippen molar-refractivity contribution in [3.05, 3.63) is 87.4 Å². The summed E-state index contributed by atoms with van der Waals surface area (Å²) in [6, 6.07) is 14.5. The average Bonchev–Trinajstić information content (AvgIpc) is 3.05. The number of hydrogen-bond acceptors (Lipinski definition) is 6. The monoisotopic (exact) mass is 548 g/mol. The number of hydrogen-bond donors (Lipinski definition) is 3. The van der Waals surface area contributed by atoms with E-state index in [1.165, 1.54) is 12.3 Å². The van der Waals surface area contributed by atoms with Crippen LogP contribution in [0.2, 0.25) is 5.02 Å². The van der Waals surface area contributed by atoms with Crippen LogP contribution >= 0.6 is 11.6 Å². The number of carbonyl (C=O) groups is 1. The van der Waals surface area contributed by atoms with Crippen LogP contribution in [-0.2, 0) is 26.6 Å². The zero-order valence-corrected chi connectivity index (χ0v) is 21.5. The van der Waals surface area contributed by atoms with Crippen molar-refractivity contribution < 1.29 is 21.6 Å². The summed E-state index contributed by atoms with van der Waals surface area (Å²) >= 11 is 6.25. The van der Waals surface area contributed by atoms with E-state index in [2.05, 4.69) is 9.71 Å². The van der Waals surface area contributed by atoms with E-state index in [1.807, 2.05) is 4.72 Å². The third-order valence-corrected chi connectivity index (χ3v) is 6.57. The molecule has 0 spiro atoms. The van der Waals surface area contributed by atoms with Gasteiger partial charge in [0.25, 0.3) is 11.5 Å². The van der Waals surface area contributed by atoms with Crippen LogP contribution in [0.25, 0.3) is 22.0 Å². The molecule has 0 fully saturated rings. The van der Waals surface area contributed by atoms with Gasteiger partial charge in [-0.3, -0.25) is 14.3 Å². The third-order valence-electron chi connectivity index (χ3n) is 5.18. The maximum atomic E-state index is 13.3. The molecule has 0 aliphatic heterocycles. The summed E-state index contributed by atoms with van der Waals surface area (Å²) in [4.78, 5) is 28.6. The summed E-state index contributed by atoms with van der Waals surface area (Å²) in [5, 5.41) is 0.811. The molecule has 36 heavy (non-hydrogen) atoms. The van der Waals surface area contributed by atoms with E-state index in [0.29, 0.717) is 27.2 Å². The van der Waals surface area contributed by atoms with E-state index in [-0.39, 0.29) is 23.4 Å². The molecule has 13 heteroatoms. The summed E-state index contributed by atoms with van der Waals surface area (Å²) in [7, 11) is -7.47. The van der Waals surface area contributed by atoms with Crippen molar-refractivity contribution in [3.8, 4) is 11.1 Å². The van der Waals surface area contributed by atoms with Crippen LogP contribution in [0, 0.1) is 0 Å². The Morgan fingerprint density at radius 1 is 1.00 bits per heavy atom. The number of amides is 1. The number of fused-ring (bicyclic) bond motifs is 1. The molecular weight excluding hydrogens is 528 g/mol. The lowest BCUT2D eigenvalue weighted by Gasteiger charge is -2.13. The van der Waals surface area contributed by atoms with E-state index in [4.69, 9.17) is 11.6 Å². The van der Waals surface area contributed by atoms with Gasteiger partial charge in [-0.1, -0.05) is 23.7 Å². The number of nitrogens with zero attached hydrogens (tertiary/aromatic N) is 1. The predicted molar refractivity (Wildman–Crippen MR) is 139 cm³/mol. The lowest BCUT2D eigenvalue weighted by Crippen LogP contribution is -2.31. The molecule has 1 amide bonds. The van der Waals surface area contributed by atoms with Gasteiger partial charge in [-0.2, -0.15) is 0 Å². The number of carbonyl (C=O) groups excluding carboxylic acids is 1. The van der Waals surface area contributed by atoms with Crippen molar-refractivity contribution in [2.75, 3.05) is 17.2 Å². The van der Waals surface area contributed by atoms with Gasteiger partial charge in [-0.25, -0.2) is 21.6 Å². The summed E-state index contributed by atoms with van der Waals surface area (Å²) in [5.41, 5.74) is 1.24. The van der Waals surface area contributed by atoms with E-state index < -0.39 is 31.5 Å². The molecule has 2 aromatic carbocycles. The Labute approximate surface area is 212 Å². The highest BCUT2D eigenvalue weighted by Crippen LogP contribution is 2.36. The Hall–Kier alpha value is -3.61. The van der Waals surface area contributed by atoms with E-state index in [1.54, 1.807) is 53.1 Å². The van der Waals surface area contributed by atoms with Crippen molar-refractivity contribution in [1.29, 1.82) is 0 Å². The van der Waals surface area contributed by atoms with Gasteiger partial charge in [0.2, 0.25) is 20.0 Å². The molecule has 2 aromatic heterocycles. The first-order chi connectivity index (χ1) is 16.8. The lowest BCUT2D eigenvalue weighted by molar-refractivity contribution is 0.0974. The molecule has 0 unspecified atom stereocenters. The zero-order valence-electron chi connectivity index (χ0n) is 19.1. The molecule has 2 heterocycles. The number of benzene rings is 2. The third kappa shape index (κ3) is 5.61. The van der Waals surface area contributed by atoms with Crippen LogP contribution in [0.1, 0.15) is 16.1 Å². The van der Waals surface area contributed by atoms with Gasteiger partial charge >= 0.3 is 0 Å². The van der Waals surface area contributed by atoms with Gasteiger partial charge < -0.3 is 9.55 Å². The van der Waals surface area contributed by atoms with Gasteiger partial charge in [0.05, 0.1) is 12.5 Å². The number of anilines is 1. The SMILES string of the molecule is CS(=O)(=O)NC(=O)c1c(-c2ccc[nH]c2=O)c2cc(Cl)ccc2n1Cc1cccc(NS(C)(=O)=O)c1. The summed E-state index contributed by atoms with van der Waals surface area (Å²) in [6.07, 6.45) is 3.32. The van der Waals surface area contributed by atoms with Gasteiger partial charge in [-0.15, -0.1) is 0 Å². The maximum absolute atomic E-state index is 13.3. The van der Waals surface area contributed by atoms with Gasteiger partial charge in [0.1, 0.15) is 5.69 Å². The van der Waals surface area contributed by atoms with Crippen LogP contribution in [0.4, 0.5) is 5.69 Å². The maximum Gasteiger partial charge on any atom is 0.282 e. The highest BCUT2D eigenvalue weighted by molar-refractivity contribution is 7.92. The Morgan fingerprint density at radius 3 is 2.42 bits per heavy atom. The molecular formula is C23H21ClN4O6S2. The highest BCUT2D eigenvalue weighted by atomic mass is 35.5. The first kappa shape index (κ1) is 25.5. The topological polar surface area (TPSA) is 147 Å². The predicted octanol–water partition coefficient (Wildman–Crippen LogP) is 2.76. The second kappa shape index (κ2) is 9.45. The van der Waals surface area contributed by atoms with E-state index in [9.17, 15) is 26.4 Å². The van der Waals surface area contributed by atoms with Gasteiger partial charge in [0.15, 0.2) is 0 Å². The Bertz CT molecular complexity index is 1780. The molecule has 0 atom stereocenters. The fraction of sp³-hybridized carbons (Fsp3) is 0.130. The first-order valence-corrected chi connectivity index (χ1v) is 14.6. The van der Waals surface area contributed by atoms with Gasteiger partial charge in [-0.05, 0) is 48.0 Å². The molecule has 0 aliphatic carbocycles. The molecule has 4 aromatic rings. The van der Waals surface area contributed by atoms with Crippen molar-refractivity contribution in [1.82, 2.24) is 14.3 Å². The Kier molecular flexibility index (Phi) is 6.69. The molecule has 0 saturated heterocycles. The number of sulfonamides is 2. The molecule has 0 saturated carbocycles. The molecule has 10 nitrogen and oxygen atoms in total. The standard InChI is InChI=1S/C23H21ClN4O6S2/c1-35(31,32)26-16-6-3-5-14(11-16)13-28-19-9-8-15(24)12-18(19)20(17-7-4-10-25-22(17)29)21(28)23(30)27-36(2,33)34/h3-12,26H,13H2,1-2H3,(H,25,29)(H,27,30). The molecule has 4 rings (SSSR count). The smallest absolute Gasteiger partial charge is 0.282 e. The molecule has 0 radical (unpaired) electrons. The van der Waals surface area contributed by atoms with Crippen molar-refractivity contribution in [3.63, 3.8) is 0 Å². The fourth-order valence-corrected chi connectivity index (χ4v) is 5.13. The van der Waals surface area contributed by atoms with E-state index >= 15 is 0 Å². The second-order valence-electron chi connectivity index (χ2n) is 8.16. The minimum Gasteiger partial charge on any atom is -0.331 e. The lowest BCUT2D eigenvalue weighted by atomic mass is 10.0. The van der Waals surface area contributed by atoms with Crippen LogP contribution < -0.4 is 15.0 Å². The molecule has 188 valence electrons. The van der Waals surface area contributed by atoms with E-state index in [0.717, 1.165) is 12.5 Å². The van der Waals surface area contributed by atoms with Crippen LogP contribution in [0.3, 0.4) is 0 Å². The Morgan fingerprint density at radius 2 is 1.75 bits per heavy atom. The normalized spacial score (nSPS) is 12.0. The van der Waals surface area contributed by atoms with Crippen molar-refractivity contribution in [2.24, 2.45) is 0 Å². The Balaban J connectivity index is 2.01. The summed E-state index contributed by atoms with van der Waals surface area (Å²) in [5.74, 6) is -0.937. The van der Waals surface area contributed by atoms with Crippen molar-refractivity contribution >= 4 is 54.1 Å². The molecule has 3 N–H and O–H groups in total. The van der Waals surface area contributed by atoms with Crippen LogP contribution in [-0.4, -0.2) is 44.8 Å². The number of aromatic amines is 1. The minimum atomic E-state index is -3.94. The number of halogens is 1. The highest BCUT2D eigenvalue weighted by Gasteiger charge is 2.27. The quantitative estimate of drug-likeness (QED) is 0.323. The van der Waals surface area contributed by atoms with Crippen molar-refractivity contribution in [2.45, 2.75) is 6.54 Å². The second-order valence-corrected chi connectivity index (χ2v) is 12.1. The first-order valence-electron chi connectivity index (χ1n) is 10.4. The molecule has 0 bridgehead atoms. The fourth-order valence-electron chi connectivity index (χ4n) is 3.96. The minimum absolute atomic E-state index is 0.0503. The van der Waals surface area contributed by atoms with Gasteiger partial charge in [0, 0.05) is 45.5 Å². The van der Waals surface area contributed by atoms with Crippen LogP contribution in [0.15, 0.2) is 65.6 Å². The largest absolute Gasteiger partial charge is 0.331 e. The number of nitrogens with one attached hydrogen (secondary N) is 3. The van der Waals surface area contributed by atoms with Crippen LogP contribution in [0.5, 0.6) is 0 Å². The number of H-pyrrole nitrogens is 1. The number of pyridine rings is 1. The number of aromatic nitrogens is 2. The number of rotatable bonds is 7. The summed E-state index contributed by atoms with van der Waals surface area (Å²) < 4.78 is 53.2. The summed E-state index contributed by atoms with van der Waals surface area (Å²) in [6.45, 7) is 0.0503. The average molecular weight is 549 g/mol.